The lowest BCUT2D eigenvalue weighted by Crippen LogP contribution is -2.10. The standard InChI is InChI=1S/C8H14O2/c1-6-2-3-7(4-6)10-8-5-9-8/h6-8H,2-5H2,1H3/t6-,7?,8?/m1/s1. The summed E-state index contributed by atoms with van der Waals surface area (Å²) in [5.41, 5.74) is 0. The summed E-state index contributed by atoms with van der Waals surface area (Å²) in [5, 5.41) is 0. The van der Waals surface area contributed by atoms with Crippen molar-refractivity contribution < 1.29 is 9.47 Å². The van der Waals surface area contributed by atoms with Crippen LogP contribution in [0.3, 0.4) is 0 Å². The van der Waals surface area contributed by atoms with E-state index >= 15 is 0 Å². The van der Waals surface area contributed by atoms with E-state index in [1.165, 1.54) is 19.3 Å². The molecule has 0 bridgehead atoms. The SMILES string of the molecule is C[C@@H]1CCC(OC2CO2)C1. The molecule has 1 saturated carbocycles. The van der Waals surface area contributed by atoms with Crippen LogP contribution in [-0.2, 0) is 9.47 Å². The van der Waals surface area contributed by atoms with E-state index in [0.717, 1.165) is 12.5 Å². The maximum atomic E-state index is 5.57. The van der Waals surface area contributed by atoms with Gasteiger partial charge in [0.2, 0.25) is 0 Å². The first-order valence-electron chi connectivity index (χ1n) is 4.11. The Hall–Kier alpha value is -0.0800. The molecule has 2 rings (SSSR count). The zero-order chi connectivity index (χ0) is 6.97. The maximum absolute atomic E-state index is 5.57. The molecule has 0 amide bonds. The highest BCUT2D eigenvalue weighted by Crippen LogP contribution is 2.29. The minimum Gasteiger partial charge on any atom is -0.347 e. The van der Waals surface area contributed by atoms with Gasteiger partial charge < -0.3 is 9.47 Å². The van der Waals surface area contributed by atoms with Gasteiger partial charge in [0, 0.05) is 0 Å². The maximum Gasteiger partial charge on any atom is 0.181 e. The smallest absolute Gasteiger partial charge is 0.181 e. The van der Waals surface area contributed by atoms with Gasteiger partial charge in [0.25, 0.3) is 0 Å². The fourth-order valence-corrected chi connectivity index (χ4v) is 1.61. The molecule has 2 heteroatoms. The van der Waals surface area contributed by atoms with Crippen LogP contribution in [0.1, 0.15) is 26.2 Å². The summed E-state index contributed by atoms with van der Waals surface area (Å²) in [6, 6.07) is 0. The summed E-state index contributed by atoms with van der Waals surface area (Å²) in [7, 11) is 0. The van der Waals surface area contributed by atoms with Crippen LogP contribution in [0.15, 0.2) is 0 Å². The van der Waals surface area contributed by atoms with Gasteiger partial charge in [-0.25, -0.2) is 0 Å². The Morgan fingerprint density at radius 2 is 2.20 bits per heavy atom. The molecule has 1 aliphatic carbocycles. The van der Waals surface area contributed by atoms with Gasteiger partial charge in [0.1, 0.15) is 6.61 Å². The van der Waals surface area contributed by atoms with Crippen LogP contribution in [0.25, 0.3) is 0 Å². The largest absolute Gasteiger partial charge is 0.347 e. The Balaban J connectivity index is 1.72. The molecule has 0 spiro atoms. The molecule has 1 aliphatic heterocycles. The third-order valence-electron chi connectivity index (χ3n) is 2.29. The van der Waals surface area contributed by atoms with Gasteiger partial charge in [-0.15, -0.1) is 0 Å². The van der Waals surface area contributed by atoms with Crippen LogP contribution in [0.5, 0.6) is 0 Å². The molecule has 0 aromatic rings. The minimum absolute atomic E-state index is 0.162. The molecule has 58 valence electrons. The zero-order valence-electron chi connectivity index (χ0n) is 6.38. The summed E-state index contributed by atoms with van der Waals surface area (Å²) < 4.78 is 10.6. The summed E-state index contributed by atoms with van der Waals surface area (Å²) >= 11 is 0. The second-order valence-corrected chi connectivity index (χ2v) is 3.44. The number of epoxide rings is 1. The van der Waals surface area contributed by atoms with Crippen molar-refractivity contribution in [2.24, 2.45) is 5.92 Å². The zero-order valence-corrected chi connectivity index (χ0v) is 6.38. The normalized spacial score (nSPS) is 45.9. The predicted molar refractivity (Wildman–Crippen MR) is 37.6 cm³/mol. The van der Waals surface area contributed by atoms with Crippen molar-refractivity contribution in [2.45, 2.75) is 38.6 Å². The fourth-order valence-electron chi connectivity index (χ4n) is 1.61. The molecule has 0 radical (unpaired) electrons. The molecule has 1 heterocycles. The van der Waals surface area contributed by atoms with Crippen molar-refractivity contribution in [3.8, 4) is 0 Å². The fraction of sp³-hybridized carbons (Fsp3) is 1.00. The Morgan fingerprint density at radius 1 is 1.40 bits per heavy atom. The van der Waals surface area contributed by atoms with Crippen molar-refractivity contribution in [1.82, 2.24) is 0 Å². The molecule has 10 heavy (non-hydrogen) atoms. The van der Waals surface area contributed by atoms with E-state index < -0.39 is 0 Å². The van der Waals surface area contributed by atoms with E-state index in [-0.39, 0.29) is 6.29 Å². The van der Waals surface area contributed by atoms with Gasteiger partial charge in [0.05, 0.1) is 6.10 Å². The highest BCUT2D eigenvalue weighted by molar-refractivity contribution is 4.74. The molecule has 2 nitrogen and oxygen atoms in total. The van der Waals surface area contributed by atoms with Crippen LogP contribution in [0, 0.1) is 5.92 Å². The Labute approximate surface area is 61.5 Å². The number of hydrogen-bond donors (Lipinski definition) is 0. The minimum atomic E-state index is 0.162. The van der Waals surface area contributed by atoms with E-state index in [2.05, 4.69) is 6.92 Å². The Kier molecular flexibility index (Phi) is 1.66. The molecule has 3 atom stereocenters. The lowest BCUT2D eigenvalue weighted by Gasteiger charge is -2.07. The van der Waals surface area contributed by atoms with E-state index in [1.54, 1.807) is 0 Å². The summed E-state index contributed by atoms with van der Waals surface area (Å²) in [6.45, 7) is 3.11. The quantitative estimate of drug-likeness (QED) is 0.545. The molecule has 2 aliphatic rings. The van der Waals surface area contributed by atoms with Gasteiger partial charge >= 0.3 is 0 Å². The van der Waals surface area contributed by atoms with Gasteiger partial charge in [-0.05, 0) is 25.2 Å². The van der Waals surface area contributed by atoms with Crippen molar-refractivity contribution in [3.05, 3.63) is 0 Å². The van der Waals surface area contributed by atoms with Crippen molar-refractivity contribution in [3.63, 3.8) is 0 Å². The highest BCUT2D eigenvalue weighted by Gasteiger charge is 2.30. The Bertz CT molecular complexity index is 120. The first kappa shape index (κ1) is 6.62. The van der Waals surface area contributed by atoms with Gasteiger partial charge in [-0.1, -0.05) is 6.92 Å². The molecule has 0 aromatic heterocycles. The van der Waals surface area contributed by atoms with E-state index in [1.807, 2.05) is 0 Å². The first-order chi connectivity index (χ1) is 4.84. The average Bonchev–Trinajstić information content (AvgIpc) is 2.59. The van der Waals surface area contributed by atoms with Gasteiger partial charge in [0.15, 0.2) is 6.29 Å². The summed E-state index contributed by atoms with van der Waals surface area (Å²) in [5.74, 6) is 0.865. The van der Waals surface area contributed by atoms with Crippen molar-refractivity contribution in [1.29, 1.82) is 0 Å². The molecule has 0 N–H and O–H groups in total. The van der Waals surface area contributed by atoms with Crippen LogP contribution in [-0.4, -0.2) is 19.0 Å². The van der Waals surface area contributed by atoms with E-state index in [4.69, 9.17) is 9.47 Å². The molecule has 0 aromatic carbocycles. The lowest BCUT2D eigenvalue weighted by molar-refractivity contribution is -0.00846. The average molecular weight is 142 g/mol. The number of rotatable bonds is 2. The summed E-state index contributed by atoms with van der Waals surface area (Å²) in [4.78, 5) is 0. The summed E-state index contributed by atoms with van der Waals surface area (Å²) in [6.07, 6.45) is 4.47. The van der Waals surface area contributed by atoms with Gasteiger partial charge in [-0.3, -0.25) is 0 Å². The molecule has 1 saturated heterocycles. The third kappa shape index (κ3) is 1.50. The molecule has 2 fully saturated rings. The lowest BCUT2D eigenvalue weighted by atomic mass is 10.1. The topological polar surface area (TPSA) is 21.8 Å². The molecular weight excluding hydrogens is 128 g/mol. The monoisotopic (exact) mass is 142 g/mol. The molecular formula is C8H14O2. The van der Waals surface area contributed by atoms with Crippen molar-refractivity contribution >= 4 is 0 Å². The highest BCUT2D eigenvalue weighted by atomic mass is 16.8. The first-order valence-corrected chi connectivity index (χ1v) is 4.11. The van der Waals surface area contributed by atoms with Crippen LogP contribution >= 0.6 is 0 Å². The Morgan fingerprint density at radius 3 is 2.70 bits per heavy atom. The van der Waals surface area contributed by atoms with Crippen molar-refractivity contribution in [2.75, 3.05) is 6.61 Å². The van der Waals surface area contributed by atoms with Crippen LogP contribution in [0.2, 0.25) is 0 Å². The second kappa shape index (κ2) is 2.51. The molecule has 2 unspecified atom stereocenters. The third-order valence-corrected chi connectivity index (χ3v) is 2.29. The van der Waals surface area contributed by atoms with Gasteiger partial charge in [-0.2, -0.15) is 0 Å². The number of hydrogen-bond acceptors (Lipinski definition) is 2. The van der Waals surface area contributed by atoms with E-state index in [0.29, 0.717) is 6.10 Å². The number of ether oxygens (including phenoxy) is 2. The predicted octanol–water partition coefficient (Wildman–Crippen LogP) is 1.55. The van der Waals surface area contributed by atoms with Crippen LogP contribution in [0.4, 0.5) is 0 Å². The van der Waals surface area contributed by atoms with E-state index in [9.17, 15) is 0 Å². The second-order valence-electron chi connectivity index (χ2n) is 3.44. The van der Waals surface area contributed by atoms with Crippen LogP contribution < -0.4 is 0 Å².